The van der Waals surface area contributed by atoms with Crippen LogP contribution in [0, 0.1) is 6.07 Å². The molecular formula is C7H5F3NOS. The van der Waals surface area contributed by atoms with Crippen molar-refractivity contribution in [2.75, 3.05) is 4.72 Å². The van der Waals surface area contributed by atoms with E-state index >= 15 is 0 Å². The lowest BCUT2D eigenvalue weighted by Crippen LogP contribution is -2.29. The first-order chi connectivity index (χ1) is 6.00. The third-order valence-corrected chi connectivity index (χ3v) is 1.98. The highest BCUT2D eigenvalue weighted by Gasteiger charge is 2.45. The van der Waals surface area contributed by atoms with E-state index in [9.17, 15) is 17.7 Å². The van der Waals surface area contributed by atoms with Crippen molar-refractivity contribution < 1.29 is 17.7 Å². The Balaban J connectivity index is 2.61. The van der Waals surface area contributed by atoms with Gasteiger partial charge in [-0.05, 0) is 18.2 Å². The number of nitrogens with one attached hydrogen (secondary N) is 1. The van der Waals surface area contributed by atoms with Gasteiger partial charge in [0, 0.05) is 0 Å². The van der Waals surface area contributed by atoms with E-state index in [4.69, 9.17) is 0 Å². The van der Waals surface area contributed by atoms with Crippen molar-refractivity contribution in [3.05, 3.63) is 30.3 Å². The standard InChI is InChI=1S/C7H5F3NOS/c8-7(9,10)13(12)11-6-4-2-1-3-5-6/h2-5,11H. The van der Waals surface area contributed by atoms with Crippen molar-refractivity contribution in [3.8, 4) is 0 Å². The van der Waals surface area contributed by atoms with Crippen molar-refractivity contribution >= 4 is 17.0 Å². The lowest BCUT2D eigenvalue weighted by molar-refractivity contribution is -0.0428. The molecule has 0 aromatic heterocycles. The van der Waals surface area contributed by atoms with E-state index in [0.29, 0.717) is 0 Å². The van der Waals surface area contributed by atoms with Gasteiger partial charge in [-0.15, -0.1) is 13.2 Å². The fourth-order valence-electron chi connectivity index (χ4n) is 0.620. The molecule has 1 aromatic rings. The average molecular weight is 208 g/mol. The van der Waals surface area contributed by atoms with Crippen LogP contribution in [-0.2, 0) is 11.4 Å². The topological polar surface area (TPSA) is 35.1 Å². The highest BCUT2D eigenvalue weighted by atomic mass is 32.2. The largest absolute Gasteiger partial charge is 0.598 e. The molecule has 0 amide bonds. The molecule has 1 N–H and O–H groups in total. The number of rotatable bonds is 2. The second-order valence-electron chi connectivity index (χ2n) is 2.11. The molecule has 13 heavy (non-hydrogen) atoms. The van der Waals surface area contributed by atoms with E-state index in [1.54, 1.807) is 0 Å². The Morgan fingerprint density at radius 2 is 1.85 bits per heavy atom. The van der Waals surface area contributed by atoms with E-state index in [1.165, 1.54) is 24.3 Å². The fourth-order valence-corrected chi connectivity index (χ4v) is 1.09. The van der Waals surface area contributed by atoms with Gasteiger partial charge >= 0.3 is 5.51 Å². The van der Waals surface area contributed by atoms with E-state index in [0.717, 1.165) is 0 Å². The quantitative estimate of drug-likeness (QED) is 0.755. The highest BCUT2D eigenvalue weighted by Crippen LogP contribution is 2.24. The molecule has 0 saturated carbocycles. The first kappa shape index (κ1) is 10.2. The maximum absolute atomic E-state index is 11.8. The Labute approximate surface area is 76.1 Å². The molecule has 1 rings (SSSR count). The predicted octanol–water partition coefficient (Wildman–Crippen LogP) is 2.08. The minimum atomic E-state index is -4.74. The van der Waals surface area contributed by atoms with Gasteiger partial charge < -0.3 is 4.55 Å². The molecule has 6 heteroatoms. The Kier molecular flexibility index (Phi) is 3.05. The molecule has 1 radical (unpaired) electrons. The Morgan fingerprint density at radius 3 is 2.31 bits per heavy atom. The van der Waals surface area contributed by atoms with Gasteiger partial charge in [0.05, 0.1) is 5.69 Å². The molecule has 2 nitrogen and oxygen atoms in total. The minimum Gasteiger partial charge on any atom is -0.586 e. The van der Waals surface area contributed by atoms with E-state index in [2.05, 4.69) is 6.07 Å². The second-order valence-corrected chi connectivity index (χ2v) is 3.31. The molecule has 0 bridgehead atoms. The zero-order valence-corrected chi connectivity index (χ0v) is 7.08. The summed E-state index contributed by atoms with van der Waals surface area (Å²) in [4.78, 5) is 0. The van der Waals surface area contributed by atoms with Crippen LogP contribution in [0.3, 0.4) is 0 Å². The van der Waals surface area contributed by atoms with Crippen molar-refractivity contribution in [2.45, 2.75) is 5.51 Å². The molecule has 0 aliphatic rings. The Bertz CT molecular complexity index is 264. The molecule has 0 saturated heterocycles. The maximum Gasteiger partial charge on any atom is 0.598 e. The number of hydrogen-bond acceptors (Lipinski definition) is 2. The molecule has 0 spiro atoms. The van der Waals surface area contributed by atoms with Crippen molar-refractivity contribution in [3.63, 3.8) is 0 Å². The van der Waals surface area contributed by atoms with Crippen molar-refractivity contribution in [1.82, 2.24) is 0 Å². The van der Waals surface area contributed by atoms with Gasteiger partial charge in [-0.1, -0.05) is 12.1 Å². The summed E-state index contributed by atoms with van der Waals surface area (Å²) in [6.07, 6.45) is 0. The van der Waals surface area contributed by atoms with Crippen LogP contribution < -0.4 is 4.72 Å². The predicted molar refractivity (Wildman–Crippen MR) is 43.1 cm³/mol. The van der Waals surface area contributed by atoms with Crippen LogP contribution in [0.5, 0.6) is 0 Å². The third kappa shape index (κ3) is 3.16. The Hall–Kier alpha value is -0.880. The van der Waals surface area contributed by atoms with Crippen LogP contribution in [0.2, 0.25) is 0 Å². The summed E-state index contributed by atoms with van der Waals surface area (Å²) in [5.41, 5.74) is -4.59. The lowest BCUT2D eigenvalue weighted by atomic mass is 10.3. The second kappa shape index (κ2) is 3.89. The SMILES string of the molecule is [O-][S+](Nc1cc[c]cc1)C(F)(F)F. The van der Waals surface area contributed by atoms with Crippen molar-refractivity contribution in [2.24, 2.45) is 0 Å². The molecule has 71 valence electrons. The molecule has 1 unspecified atom stereocenters. The normalized spacial score (nSPS) is 13.8. The Morgan fingerprint density at radius 1 is 1.31 bits per heavy atom. The summed E-state index contributed by atoms with van der Waals surface area (Å²) < 4.78 is 47.6. The third-order valence-electron chi connectivity index (χ3n) is 1.14. The van der Waals surface area contributed by atoms with Crippen LogP contribution in [0.4, 0.5) is 18.9 Å². The summed E-state index contributed by atoms with van der Waals surface area (Å²) in [7, 11) is 0. The lowest BCUT2D eigenvalue weighted by Gasteiger charge is -2.12. The molecule has 1 atom stereocenters. The molecular weight excluding hydrogens is 203 g/mol. The van der Waals surface area contributed by atoms with Gasteiger partial charge in [-0.25, -0.2) is 4.72 Å². The zero-order chi connectivity index (χ0) is 9.90. The number of anilines is 1. The molecule has 0 fully saturated rings. The van der Waals surface area contributed by atoms with Gasteiger partial charge in [-0.3, -0.25) is 0 Å². The smallest absolute Gasteiger partial charge is 0.586 e. The van der Waals surface area contributed by atoms with Gasteiger partial charge in [0.1, 0.15) is 0 Å². The van der Waals surface area contributed by atoms with Gasteiger partial charge in [0.25, 0.3) is 0 Å². The van der Waals surface area contributed by atoms with E-state index in [-0.39, 0.29) is 5.69 Å². The van der Waals surface area contributed by atoms with E-state index < -0.39 is 16.9 Å². The number of benzene rings is 1. The minimum absolute atomic E-state index is 0.148. The van der Waals surface area contributed by atoms with E-state index in [1.807, 2.05) is 4.72 Å². The number of halogens is 3. The summed E-state index contributed by atoms with van der Waals surface area (Å²) >= 11 is -3.05. The van der Waals surface area contributed by atoms with Crippen LogP contribution in [0.25, 0.3) is 0 Å². The van der Waals surface area contributed by atoms with Crippen LogP contribution in [-0.4, -0.2) is 10.1 Å². The monoisotopic (exact) mass is 208 g/mol. The number of alkyl halides is 3. The molecule has 0 aliphatic carbocycles. The zero-order valence-electron chi connectivity index (χ0n) is 6.26. The highest BCUT2D eigenvalue weighted by molar-refractivity contribution is 7.93. The summed E-state index contributed by atoms with van der Waals surface area (Å²) in [6.45, 7) is 0. The number of hydrogen-bond donors (Lipinski definition) is 1. The van der Waals surface area contributed by atoms with Gasteiger partial charge in [-0.2, -0.15) is 0 Å². The molecule has 0 heterocycles. The van der Waals surface area contributed by atoms with Crippen LogP contribution in [0.1, 0.15) is 0 Å². The van der Waals surface area contributed by atoms with Crippen molar-refractivity contribution in [1.29, 1.82) is 0 Å². The van der Waals surface area contributed by atoms with Gasteiger partial charge in [0.2, 0.25) is 0 Å². The molecule has 0 aliphatic heterocycles. The first-order valence-electron chi connectivity index (χ1n) is 3.21. The van der Waals surface area contributed by atoms with Crippen LogP contribution >= 0.6 is 0 Å². The maximum atomic E-state index is 11.8. The van der Waals surface area contributed by atoms with Gasteiger partial charge in [0.15, 0.2) is 11.4 Å². The fraction of sp³-hybridized carbons (Fsp3) is 0.143. The summed E-state index contributed by atoms with van der Waals surface area (Å²) in [5.74, 6) is 0. The van der Waals surface area contributed by atoms with Crippen LogP contribution in [0.15, 0.2) is 24.3 Å². The molecule has 1 aromatic carbocycles. The first-order valence-corrected chi connectivity index (χ1v) is 4.36. The average Bonchev–Trinajstić information content (AvgIpc) is 2.04. The summed E-state index contributed by atoms with van der Waals surface area (Å²) in [6, 6.07) is 8.18. The summed E-state index contributed by atoms with van der Waals surface area (Å²) in [5, 5.41) is 0.